The highest BCUT2D eigenvalue weighted by Crippen LogP contribution is 2.33. The fourth-order valence-electron chi connectivity index (χ4n) is 2.23. The Hall–Kier alpha value is -1.01. The Morgan fingerprint density at radius 2 is 2.46 bits per heavy atom. The van der Waals surface area contributed by atoms with E-state index in [1.807, 2.05) is 0 Å². The van der Waals surface area contributed by atoms with Crippen LogP contribution in [0.1, 0.15) is 32.6 Å². The largest absolute Gasteiger partial charge is 0.322 e. The molecule has 1 unspecified atom stereocenters. The van der Waals surface area contributed by atoms with Gasteiger partial charge in [-0.25, -0.2) is 5.01 Å². The van der Waals surface area contributed by atoms with E-state index in [1.54, 1.807) is 5.57 Å². The van der Waals surface area contributed by atoms with Crippen LogP contribution in [0.5, 0.6) is 0 Å². The molecule has 0 saturated heterocycles. The van der Waals surface area contributed by atoms with Gasteiger partial charge in [-0.2, -0.15) is 5.26 Å². The zero-order valence-electron chi connectivity index (χ0n) is 8.01. The Kier molecular flexibility index (Phi) is 2.24. The molecule has 0 spiro atoms. The van der Waals surface area contributed by atoms with Crippen molar-refractivity contribution < 1.29 is 0 Å². The van der Waals surface area contributed by atoms with Gasteiger partial charge in [0.05, 0.1) is 6.07 Å². The Morgan fingerprint density at radius 3 is 3.15 bits per heavy atom. The molecule has 13 heavy (non-hydrogen) atoms. The Balaban J connectivity index is 1.96. The van der Waals surface area contributed by atoms with Crippen LogP contribution < -0.4 is 5.43 Å². The summed E-state index contributed by atoms with van der Waals surface area (Å²) in [5.74, 6) is 0. The molecule has 70 valence electrons. The molecule has 0 aromatic heterocycles. The number of nitrogens with zero attached hydrogens (tertiary/aromatic N) is 2. The molecule has 2 rings (SSSR count). The van der Waals surface area contributed by atoms with E-state index in [0.717, 1.165) is 6.54 Å². The van der Waals surface area contributed by atoms with Gasteiger partial charge in [0.1, 0.15) is 0 Å². The second-order valence-corrected chi connectivity index (χ2v) is 3.75. The quantitative estimate of drug-likeness (QED) is 0.695. The topological polar surface area (TPSA) is 39.1 Å². The van der Waals surface area contributed by atoms with Crippen LogP contribution in [0, 0.1) is 11.3 Å². The molecule has 0 amide bonds. The van der Waals surface area contributed by atoms with Crippen molar-refractivity contribution in [3.63, 3.8) is 0 Å². The number of hydrogen-bond donors (Lipinski definition) is 1. The standard InChI is InChI=1S/C10H15N3/c1-8-9-4-2-5-10(9)12-13(8)7-3-6-11/h8,12H,2-5,7H2,1H3. The van der Waals surface area contributed by atoms with Crippen LogP contribution in [0.25, 0.3) is 0 Å². The van der Waals surface area contributed by atoms with Gasteiger partial charge >= 0.3 is 0 Å². The first-order valence-corrected chi connectivity index (χ1v) is 4.95. The molecule has 0 saturated carbocycles. The summed E-state index contributed by atoms with van der Waals surface area (Å²) in [6, 6.07) is 2.69. The summed E-state index contributed by atoms with van der Waals surface area (Å²) in [4.78, 5) is 0. The van der Waals surface area contributed by atoms with Crippen LogP contribution in [0.4, 0.5) is 0 Å². The lowest BCUT2D eigenvalue weighted by molar-refractivity contribution is 0.200. The summed E-state index contributed by atoms with van der Waals surface area (Å²) in [7, 11) is 0. The summed E-state index contributed by atoms with van der Waals surface area (Å²) >= 11 is 0. The van der Waals surface area contributed by atoms with Crippen LogP contribution >= 0.6 is 0 Å². The summed E-state index contributed by atoms with van der Waals surface area (Å²) in [6.45, 7) is 3.06. The first-order valence-electron chi connectivity index (χ1n) is 4.95. The summed E-state index contributed by atoms with van der Waals surface area (Å²) in [5.41, 5.74) is 6.39. The van der Waals surface area contributed by atoms with E-state index in [4.69, 9.17) is 5.26 Å². The third kappa shape index (κ3) is 1.42. The highest BCUT2D eigenvalue weighted by molar-refractivity contribution is 5.26. The second-order valence-electron chi connectivity index (χ2n) is 3.75. The van der Waals surface area contributed by atoms with Crippen molar-refractivity contribution in [3.05, 3.63) is 11.3 Å². The van der Waals surface area contributed by atoms with Crippen molar-refractivity contribution in [2.45, 2.75) is 38.6 Å². The molecule has 3 nitrogen and oxygen atoms in total. The minimum atomic E-state index is 0.505. The molecule has 2 aliphatic rings. The van der Waals surface area contributed by atoms with E-state index in [9.17, 15) is 0 Å². The predicted octanol–water partition coefficient (Wildman–Crippen LogP) is 1.55. The molecule has 1 N–H and O–H groups in total. The van der Waals surface area contributed by atoms with Crippen molar-refractivity contribution in [3.8, 4) is 6.07 Å². The van der Waals surface area contributed by atoms with Gasteiger partial charge in [-0.05, 0) is 31.8 Å². The van der Waals surface area contributed by atoms with Gasteiger partial charge in [0, 0.05) is 24.7 Å². The van der Waals surface area contributed by atoms with Crippen LogP contribution in [0.15, 0.2) is 11.3 Å². The molecule has 1 heterocycles. The molecule has 0 aromatic rings. The maximum absolute atomic E-state index is 8.50. The van der Waals surface area contributed by atoms with Gasteiger partial charge < -0.3 is 5.43 Å². The molecule has 0 aromatic carbocycles. The lowest BCUT2D eigenvalue weighted by atomic mass is 10.1. The van der Waals surface area contributed by atoms with Crippen LogP contribution in [-0.4, -0.2) is 17.6 Å². The number of hydrogen-bond acceptors (Lipinski definition) is 3. The van der Waals surface area contributed by atoms with Crippen molar-refractivity contribution in [2.24, 2.45) is 0 Å². The first-order chi connectivity index (χ1) is 6.33. The van der Waals surface area contributed by atoms with Gasteiger partial charge in [0.25, 0.3) is 0 Å². The highest BCUT2D eigenvalue weighted by Gasteiger charge is 2.30. The maximum Gasteiger partial charge on any atom is 0.0635 e. The number of rotatable bonds is 2. The van der Waals surface area contributed by atoms with E-state index in [0.29, 0.717) is 12.5 Å². The number of hydrazine groups is 1. The lowest BCUT2D eigenvalue weighted by Crippen LogP contribution is -2.38. The fourth-order valence-corrected chi connectivity index (χ4v) is 2.23. The van der Waals surface area contributed by atoms with Crippen molar-refractivity contribution in [2.75, 3.05) is 6.54 Å². The summed E-state index contributed by atoms with van der Waals surface area (Å²) < 4.78 is 0. The zero-order valence-corrected chi connectivity index (χ0v) is 8.01. The van der Waals surface area contributed by atoms with E-state index < -0.39 is 0 Å². The number of allylic oxidation sites excluding steroid dienone is 1. The molecule has 0 fully saturated rings. The lowest BCUT2D eigenvalue weighted by Gasteiger charge is -2.23. The molecule has 1 aliphatic carbocycles. The molecular weight excluding hydrogens is 162 g/mol. The minimum Gasteiger partial charge on any atom is -0.322 e. The first kappa shape index (κ1) is 8.58. The molecule has 1 atom stereocenters. The van der Waals surface area contributed by atoms with Crippen LogP contribution in [-0.2, 0) is 0 Å². The molecular formula is C10H15N3. The van der Waals surface area contributed by atoms with Gasteiger partial charge in [-0.1, -0.05) is 0 Å². The van der Waals surface area contributed by atoms with Crippen LogP contribution in [0.2, 0.25) is 0 Å². The zero-order chi connectivity index (χ0) is 9.26. The Morgan fingerprint density at radius 1 is 1.62 bits per heavy atom. The number of nitriles is 1. The van der Waals surface area contributed by atoms with Crippen molar-refractivity contribution >= 4 is 0 Å². The minimum absolute atomic E-state index is 0.505. The average molecular weight is 177 g/mol. The summed E-state index contributed by atoms with van der Waals surface area (Å²) in [5, 5.41) is 10.7. The Labute approximate surface area is 79.0 Å². The van der Waals surface area contributed by atoms with Gasteiger partial charge in [0.2, 0.25) is 0 Å². The maximum atomic E-state index is 8.50. The van der Waals surface area contributed by atoms with E-state index in [-0.39, 0.29) is 0 Å². The predicted molar refractivity (Wildman–Crippen MR) is 50.4 cm³/mol. The van der Waals surface area contributed by atoms with Crippen molar-refractivity contribution in [1.29, 1.82) is 5.26 Å². The monoisotopic (exact) mass is 177 g/mol. The second kappa shape index (κ2) is 3.39. The summed E-state index contributed by atoms with van der Waals surface area (Å²) in [6.07, 6.45) is 4.35. The van der Waals surface area contributed by atoms with Gasteiger partial charge in [0.15, 0.2) is 0 Å². The van der Waals surface area contributed by atoms with Crippen LogP contribution in [0.3, 0.4) is 0 Å². The molecule has 1 aliphatic heterocycles. The smallest absolute Gasteiger partial charge is 0.0635 e. The normalized spacial score (nSPS) is 27.2. The molecule has 0 bridgehead atoms. The SMILES string of the molecule is CC1C2=C(CCC2)NN1CCC#N. The third-order valence-corrected chi connectivity index (χ3v) is 2.98. The third-order valence-electron chi connectivity index (χ3n) is 2.98. The highest BCUT2D eigenvalue weighted by atomic mass is 15.5. The molecule has 3 heteroatoms. The van der Waals surface area contributed by atoms with E-state index >= 15 is 0 Å². The Bertz CT molecular complexity index is 274. The molecule has 0 radical (unpaired) electrons. The average Bonchev–Trinajstić information content (AvgIpc) is 2.67. The number of nitrogens with one attached hydrogen (secondary N) is 1. The van der Waals surface area contributed by atoms with E-state index in [2.05, 4.69) is 23.4 Å². The fraction of sp³-hybridized carbons (Fsp3) is 0.700. The van der Waals surface area contributed by atoms with E-state index in [1.165, 1.54) is 25.0 Å². The van der Waals surface area contributed by atoms with Gasteiger partial charge in [-0.3, -0.25) is 0 Å². The van der Waals surface area contributed by atoms with Gasteiger partial charge in [-0.15, -0.1) is 0 Å². The van der Waals surface area contributed by atoms with Crippen molar-refractivity contribution in [1.82, 2.24) is 10.4 Å².